The Morgan fingerprint density at radius 1 is 1.10 bits per heavy atom. The van der Waals surface area contributed by atoms with Crippen molar-refractivity contribution in [2.45, 2.75) is 18.8 Å². The van der Waals surface area contributed by atoms with E-state index in [1.54, 1.807) is 12.1 Å². The molecule has 0 aliphatic carbocycles. The molecule has 0 saturated carbocycles. The van der Waals surface area contributed by atoms with Crippen LogP contribution in [-0.2, 0) is 11.8 Å². The minimum Gasteiger partial charge on any atom is -0.378 e. The van der Waals surface area contributed by atoms with Crippen molar-refractivity contribution in [3.8, 4) is 0 Å². The van der Waals surface area contributed by atoms with Gasteiger partial charge in [0.2, 0.25) is 0 Å². The molecule has 21 heavy (non-hydrogen) atoms. The van der Waals surface area contributed by atoms with Crippen molar-refractivity contribution in [2.24, 2.45) is 5.73 Å². The van der Waals surface area contributed by atoms with Crippen molar-refractivity contribution in [1.29, 1.82) is 0 Å². The second-order valence-corrected chi connectivity index (χ2v) is 6.01. The molecule has 112 valence electrons. The van der Waals surface area contributed by atoms with Crippen LogP contribution in [0.1, 0.15) is 18.1 Å². The van der Waals surface area contributed by atoms with E-state index in [9.17, 15) is 4.39 Å². The van der Waals surface area contributed by atoms with Crippen LogP contribution in [0.5, 0.6) is 0 Å². The van der Waals surface area contributed by atoms with Crippen LogP contribution in [0, 0.1) is 5.82 Å². The molecular weight excluding hydrogens is 263 g/mol. The molecule has 2 N–H and O–H groups in total. The summed E-state index contributed by atoms with van der Waals surface area (Å²) in [6.45, 7) is 2.56. The van der Waals surface area contributed by atoms with Gasteiger partial charge in [0, 0.05) is 31.7 Å². The molecular formula is C18H23FN2. The lowest BCUT2D eigenvalue weighted by Gasteiger charge is -2.29. The number of nitrogens with two attached hydrogens (primary N) is 1. The predicted octanol–water partition coefficient (Wildman–Crippen LogP) is 3.35. The zero-order valence-electron chi connectivity index (χ0n) is 12.9. The molecule has 0 fully saturated rings. The van der Waals surface area contributed by atoms with Crippen LogP contribution >= 0.6 is 0 Å². The van der Waals surface area contributed by atoms with E-state index in [4.69, 9.17) is 5.73 Å². The van der Waals surface area contributed by atoms with Crippen LogP contribution < -0.4 is 10.6 Å². The van der Waals surface area contributed by atoms with E-state index in [0.29, 0.717) is 6.54 Å². The fourth-order valence-corrected chi connectivity index (χ4v) is 2.52. The first-order valence-corrected chi connectivity index (χ1v) is 7.17. The van der Waals surface area contributed by atoms with E-state index < -0.39 is 0 Å². The van der Waals surface area contributed by atoms with Crippen LogP contribution in [0.4, 0.5) is 10.1 Å². The summed E-state index contributed by atoms with van der Waals surface area (Å²) in [5, 5.41) is 0. The fourth-order valence-electron chi connectivity index (χ4n) is 2.52. The number of benzene rings is 2. The summed E-state index contributed by atoms with van der Waals surface area (Å²) in [4.78, 5) is 2.07. The van der Waals surface area contributed by atoms with Crippen molar-refractivity contribution in [2.75, 3.05) is 25.5 Å². The predicted molar refractivity (Wildman–Crippen MR) is 87.3 cm³/mol. The molecule has 0 aliphatic heterocycles. The summed E-state index contributed by atoms with van der Waals surface area (Å²) < 4.78 is 13.5. The van der Waals surface area contributed by atoms with E-state index in [1.807, 2.05) is 20.2 Å². The number of halogens is 1. The van der Waals surface area contributed by atoms with Crippen molar-refractivity contribution >= 4 is 5.69 Å². The molecule has 0 bridgehead atoms. The number of anilines is 1. The van der Waals surface area contributed by atoms with Crippen LogP contribution in [0.25, 0.3) is 0 Å². The highest BCUT2D eigenvalue weighted by Gasteiger charge is 2.25. The first-order valence-electron chi connectivity index (χ1n) is 7.17. The van der Waals surface area contributed by atoms with Crippen LogP contribution in [0.15, 0.2) is 48.5 Å². The van der Waals surface area contributed by atoms with Gasteiger partial charge < -0.3 is 10.6 Å². The minimum absolute atomic E-state index is 0.213. The molecule has 2 nitrogen and oxygen atoms in total. The Labute approximate surface area is 126 Å². The van der Waals surface area contributed by atoms with Crippen molar-refractivity contribution in [1.82, 2.24) is 0 Å². The number of nitrogens with zero attached hydrogens (tertiary/aromatic N) is 1. The van der Waals surface area contributed by atoms with Crippen LogP contribution in [0.2, 0.25) is 0 Å². The Bertz CT molecular complexity index is 592. The van der Waals surface area contributed by atoms with Gasteiger partial charge in [-0.05, 0) is 41.8 Å². The van der Waals surface area contributed by atoms with Gasteiger partial charge in [0.1, 0.15) is 5.82 Å². The summed E-state index contributed by atoms with van der Waals surface area (Å²) in [6.07, 6.45) is 0.792. The summed E-state index contributed by atoms with van der Waals surface area (Å²) >= 11 is 0. The first kappa shape index (κ1) is 15.5. The SMILES string of the molecule is CN(C)c1ccc(CC(C)(CN)c2cccc(F)c2)cc1. The van der Waals surface area contributed by atoms with E-state index in [1.165, 1.54) is 17.3 Å². The molecule has 0 spiro atoms. The lowest BCUT2D eigenvalue weighted by Crippen LogP contribution is -2.34. The fraction of sp³-hybridized carbons (Fsp3) is 0.333. The lowest BCUT2D eigenvalue weighted by atomic mass is 9.77. The molecule has 0 amide bonds. The molecule has 0 radical (unpaired) electrons. The molecule has 2 aromatic carbocycles. The van der Waals surface area contributed by atoms with Gasteiger partial charge in [0.25, 0.3) is 0 Å². The van der Waals surface area contributed by atoms with Gasteiger partial charge in [-0.1, -0.05) is 31.2 Å². The van der Waals surface area contributed by atoms with Crippen LogP contribution in [0.3, 0.4) is 0 Å². The molecule has 0 heterocycles. The monoisotopic (exact) mass is 286 g/mol. The van der Waals surface area contributed by atoms with Crippen molar-refractivity contribution < 1.29 is 4.39 Å². The van der Waals surface area contributed by atoms with Gasteiger partial charge in [-0.25, -0.2) is 4.39 Å². The number of hydrogen-bond acceptors (Lipinski definition) is 2. The van der Waals surface area contributed by atoms with Gasteiger partial charge in [-0.2, -0.15) is 0 Å². The smallest absolute Gasteiger partial charge is 0.123 e. The highest BCUT2D eigenvalue weighted by Crippen LogP contribution is 2.28. The third-order valence-corrected chi connectivity index (χ3v) is 4.02. The highest BCUT2D eigenvalue weighted by atomic mass is 19.1. The van der Waals surface area contributed by atoms with E-state index >= 15 is 0 Å². The maximum absolute atomic E-state index is 13.5. The Balaban J connectivity index is 2.25. The number of hydrogen-bond donors (Lipinski definition) is 1. The molecule has 0 aliphatic rings. The summed E-state index contributed by atoms with van der Waals surface area (Å²) in [5.41, 5.74) is 9.04. The molecule has 0 saturated heterocycles. The molecule has 1 unspecified atom stereocenters. The second kappa shape index (κ2) is 6.27. The summed E-state index contributed by atoms with van der Waals surface area (Å²) in [6, 6.07) is 15.2. The van der Waals surface area contributed by atoms with Gasteiger partial charge in [-0.15, -0.1) is 0 Å². The Morgan fingerprint density at radius 2 is 1.76 bits per heavy atom. The molecule has 3 heteroatoms. The van der Waals surface area contributed by atoms with Crippen molar-refractivity contribution in [3.05, 3.63) is 65.5 Å². The maximum Gasteiger partial charge on any atom is 0.123 e. The van der Waals surface area contributed by atoms with E-state index in [2.05, 4.69) is 36.1 Å². The summed E-state index contributed by atoms with van der Waals surface area (Å²) in [7, 11) is 4.04. The Hall–Kier alpha value is -1.87. The van der Waals surface area contributed by atoms with Gasteiger partial charge in [0.15, 0.2) is 0 Å². The minimum atomic E-state index is -0.262. The lowest BCUT2D eigenvalue weighted by molar-refractivity contribution is 0.476. The number of rotatable bonds is 5. The highest BCUT2D eigenvalue weighted by molar-refractivity contribution is 5.46. The average Bonchev–Trinajstić information content (AvgIpc) is 2.47. The van der Waals surface area contributed by atoms with Crippen LogP contribution in [-0.4, -0.2) is 20.6 Å². The summed E-state index contributed by atoms with van der Waals surface area (Å²) in [5.74, 6) is -0.213. The van der Waals surface area contributed by atoms with Gasteiger partial charge >= 0.3 is 0 Å². The third kappa shape index (κ3) is 3.61. The maximum atomic E-state index is 13.5. The zero-order valence-corrected chi connectivity index (χ0v) is 12.9. The molecule has 2 rings (SSSR count). The second-order valence-electron chi connectivity index (χ2n) is 6.01. The standard InChI is InChI=1S/C18H23FN2/c1-18(13-20,15-5-4-6-16(19)11-15)12-14-7-9-17(10-8-14)21(2)3/h4-11H,12-13,20H2,1-3H3. The normalized spacial score (nSPS) is 13.8. The average molecular weight is 286 g/mol. The van der Waals surface area contributed by atoms with Gasteiger partial charge in [0.05, 0.1) is 0 Å². The molecule has 0 aromatic heterocycles. The molecule has 2 aromatic rings. The van der Waals surface area contributed by atoms with E-state index in [0.717, 1.165) is 12.0 Å². The Kier molecular flexibility index (Phi) is 4.63. The van der Waals surface area contributed by atoms with E-state index in [-0.39, 0.29) is 11.2 Å². The van der Waals surface area contributed by atoms with Crippen molar-refractivity contribution in [3.63, 3.8) is 0 Å². The first-order chi connectivity index (χ1) is 9.94. The quantitative estimate of drug-likeness (QED) is 0.913. The topological polar surface area (TPSA) is 29.3 Å². The molecule has 1 atom stereocenters. The zero-order chi connectivity index (χ0) is 15.5. The largest absolute Gasteiger partial charge is 0.378 e. The van der Waals surface area contributed by atoms with Gasteiger partial charge in [-0.3, -0.25) is 0 Å². The Morgan fingerprint density at radius 3 is 2.29 bits per heavy atom. The third-order valence-electron chi connectivity index (χ3n) is 4.02.